The van der Waals surface area contributed by atoms with Crippen LogP contribution in [0.4, 0.5) is 0 Å². The number of benzene rings is 1. The zero-order valence-corrected chi connectivity index (χ0v) is 15.1. The molecule has 9 heteroatoms. The van der Waals surface area contributed by atoms with E-state index in [9.17, 15) is 8.42 Å². The standard InChI is InChI=1S/C15H15Cl2N3O3S/c1-10-2-5-15(19-18-10)23-12-6-7-20(9-12)24(21,22)14-8-11(16)3-4-13(14)17/h2-5,8,12H,6-7,9H2,1H3. The van der Waals surface area contributed by atoms with Crippen molar-refractivity contribution in [2.75, 3.05) is 13.1 Å². The number of nitrogens with zero attached hydrogens (tertiary/aromatic N) is 3. The highest BCUT2D eigenvalue weighted by Gasteiger charge is 2.35. The van der Waals surface area contributed by atoms with Gasteiger partial charge in [0.2, 0.25) is 15.9 Å². The van der Waals surface area contributed by atoms with E-state index in [2.05, 4.69) is 10.2 Å². The number of aromatic nitrogens is 2. The minimum absolute atomic E-state index is 0.00689. The van der Waals surface area contributed by atoms with Crippen LogP contribution in [-0.4, -0.2) is 42.1 Å². The lowest BCUT2D eigenvalue weighted by Crippen LogP contribution is -2.31. The Bertz CT molecular complexity index is 844. The highest BCUT2D eigenvalue weighted by Crippen LogP contribution is 2.30. The average Bonchev–Trinajstić information content (AvgIpc) is 3.01. The lowest BCUT2D eigenvalue weighted by molar-refractivity contribution is 0.204. The van der Waals surface area contributed by atoms with Gasteiger partial charge < -0.3 is 4.74 Å². The molecule has 2 heterocycles. The third kappa shape index (κ3) is 3.64. The Morgan fingerprint density at radius 1 is 1.21 bits per heavy atom. The van der Waals surface area contributed by atoms with Gasteiger partial charge in [-0.2, -0.15) is 9.40 Å². The van der Waals surface area contributed by atoms with Gasteiger partial charge in [-0.05, 0) is 37.6 Å². The normalized spacial score (nSPS) is 18.7. The van der Waals surface area contributed by atoms with Gasteiger partial charge in [0.15, 0.2) is 0 Å². The van der Waals surface area contributed by atoms with Crippen LogP contribution in [-0.2, 0) is 10.0 Å². The predicted octanol–water partition coefficient (Wildman–Crippen LogP) is 2.93. The number of hydrogen-bond acceptors (Lipinski definition) is 5. The van der Waals surface area contributed by atoms with E-state index >= 15 is 0 Å². The van der Waals surface area contributed by atoms with E-state index in [1.807, 2.05) is 6.92 Å². The molecular formula is C15H15Cl2N3O3S. The van der Waals surface area contributed by atoms with Crippen LogP contribution in [0.5, 0.6) is 5.88 Å². The highest BCUT2D eigenvalue weighted by molar-refractivity contribution is 7.89. The fraction of sp³-hybridized carbons (Fsp3) is 0.333. The van der Waals surface area contributed by atoms with Gasteiger partial charge in [-0.3, -0.25) is 0 Å². The molecule has 0 spiro atoms. The average molecular weight is 388 g/mol. The van der Waals surface area contributed by atoms with Gasteiger partial charge in [0.1, 0.15) is 11.0 Å². The van der Waals surface area contributed by atoms with Crippen LogP contribution in [0.15, 0.2) is 35.2 Å². The minimum Gasteiger partial charge on any atom is -0.472 e. The van der Waals surface area contributed by atoms with Gasteiger partial charge in [-0.25, -0.2) is 8.42 Å². The Kier molecular flexibility index (Phi) is 4.96. The van der Waals surface area contributed by atoms with E-state index in [-0.39, 0.29) is 22.6 Å². The Balaban J connectivity index is 1.74. The first-order valence-corrected chi connectivity index (χ1v) is 9.48. The molecule has 128 valence electrons. The molecule has 3 rings (SSSR count). The largest absolute Gasteiger partial charge is 0.472 e. The van der Waals surface area contributed by atoms with Gasteiger partial charge in [0.05, 0.1) is 17.3 Å². The number of halogens is 2. The maximum Gasteiger partial charge on any atom is 0.244 e. The summed E-state index contributed by atoms with van der Waals surface area (Å²) < 4.78 is 32.5. The van der Waals surface area contributed by atoms with Crippen molar-refractivity contribution in [1.82, 2.24) is 14.5 Å². The molecule has 0 saturated carbocycles. The van der Waals surface area contributed by atoms with Crippen molar-refractivity contribution in [3.63, 3.8) is 0 Å². The molecule has 1 aromatic heterocycles. The summed E-state index contributed by atoms with van der Waals surface area (Å²) in [6.07, 6.45) is 0.280. The number of hydrogen-bond donors (Lipinski definition) is 0. The third-order valence-corrected chi connectivity index (χ3v) is 6.26. The van der Waals surface area contributed by atoms with Crippen molar-refractivity contribution in [2.45, 2.75) is 24.3 Å². The van der Waals surface area contributed by atoms with Gasteiger partial charge in [0, 0.05) is 17.6 Å². The quantitative estimate of drug-likeness (QED) is 0.806. The highest BCUT2D eigenvalue weighted by atomic mass is 35.5. The number of ether oxygens (including phenoxy) is 1. The second-order valence-corrected chi connectivity index (χ2v) is 8.23. The smallest absolute Gasteiger partial charge is 0.244 e. The van der Waals surface area contributed by atoms with Crippen molar-refractivity contribution < 1.29 is 13.2 Å². The number of aryl methyl sites for hydroxylation is 1. The second kappa shape index (κ2) is 6.84. The molecule has 0 aliphatic carbocycles. The van der Waals surface area contributed by atoms with Gasteiger partial charge in [0.25, 0.3) is 0 Å². The molecule has 0 N–H and O–H groups in total. The summed E-state index contributed by atoms with van der Waals surface area (Å²) in [6, 6.07) is 7.89. The molecular weight excluding hydrogens is 373 g/mol. The molecule has 1 saturated heterocycles. The van der Waals surface area contributed by atoms with Crippen LogP contribution < -0.4 is 4.74 Å². The van der Waals surface area contributed by atoms with Crippen LogP contribution in [0.25, 0.3) is 0 Å². The Morgan fingerprint density at radius 2 is 2.00 bits per heavy atom. The summed E-state index contributed by atoms with van der Waals surface area (Å²) in [7, 11) is -3.72. The first-order chi connectivity index (χ1) is 11.4. The molecule has 1 aliphatic rings. The summed E-state index contributed by atoms with van der Waals surface area (Å²) in [5, 5.41) is 8.32. The van der Waals surface area contributed by atoms with E-state index < -0.39 is 10.0 Å². The first kappa shape index (κ1) is 17.4. The lowest BCUT2D eigenvalue weighted by atomic mass is 10.3. The molecule has 2 aromatic rings. The predicted molar refractivity (Wildman–Crippen MR) is 91.0 cm³/mol. The van der Waals surface area contributed by atoms with Gasteiger partial charge in [-0.15, -0.1) is 5.10 Å². The topological polar surface area (TPSA) is 72.4 Å². The van der Waals surface area contributed by atoms with Crippen LogP contribution in [0.3, 0.4) is 0 Å². The zero-order valence-electron chi connectivity index (χ0n) is 12.8. The van der Waals surface area contributed by atoms with Crippen LogP contribution in [0, 0.1) is 6.92 Å². The van der Waals surface area contributed by atoms with E-state index in [4.69, 9.17) is 27.9 Å². The monoisotopic (exact) mass is 387 g/mol. The van der Waals surface area contributed by atoms with Crippen LogP contribution in [0.2, 0.25) is 10.0 Å². The fourth-order valence-electron chi connectivity index (χ4n) is 2.45. The maximum absolute atomic E-state index is 12.7. The van der Waals surface area contributed by atoms with Crippen LogP contribution >= 0.6 is 23.2 Å². The molecule has 0 bridgehead atoms. The van der Waals surface area contributed by atoms with Crippen molar-refractivity contribution in [3.05, 3.63) is 46.1 Å². The maximum atomic E-state index is 12.7. The third-order valence-electron chi connectivity index (χ3n) is 3.68. The van der Waals surface area contributed by atoms with Gasteiger partial charge >= 0.3 is 0 Å². The molecule has 6 nitrogen and oxygen atoms in total. The SMILES string of the molecule is Cc1ccc(OC2CCN(S(=O)(=O)c3cc(Cl)ccc3Cl)C2)nn1. The van der Waals surface area contributed by atoms with Crippen molar-refractivity contribution in [3.8, 4) is 5.88 Å². The Hall–Kier alpha value is -1.41. The van der Waals surface area contributed by atoms with Gasteiger partial charge in [-0.1, -0.05) is 23.2 Å². The molecule has 0 amide bonds. The molecule has 1 atom stereocenters. The number of rotatable bonds is 4. The summed E-state index contributed by atoms with van der Waals surface area (Å²) in [4.78, 5) is 0.00689. The van der Waals surface area contributed by atoms with E-state index in [0.717, 1.165) is 5.69 Å². The fourth-order valence-corrected chi connectivity index (χ4v) is 4.67. The lowest BCUT2D eigenvalue weighted by Gasteiger charge is -2.18. The van der Waals surface area contributed by atoms with Crippen LogP contribution in [0.1, 0.15) is 12.1 Å². The molecule has 24 heavy (non-hydrogen) atoms. The number of sulfonamides is 1. The molecule has 1 aromatic carbocycles. The second-order valence-electron chi connectivity index (χ2n) is 5.48. The molecule has 1 aliphatic heterocycles. The summed E-state index contributed by atoms with van der Waals surface area (Å²) in [6.45, 7) is 2.39. The molecule has 1 unspecified atom stereocenters. The van der Waals surface area contributed by atoms with E-state index in [1.54, 1.807) is 18.2 Å². The summed E-state index contributed by atoms with van der Waals surface area (Å²) >= 11 is 11.9. The van der Waals surface area contributed by atoms with E-state index in [0.29, 0.717) is 23.9 Å². The summed E-state index contributed by atoms with van der Waals surface area (Å²) in [5.74, 6) is 0.380. The first-order valence-electron chi connectivity index (χ1n) is 7.28. The minimum atomic E-state index is -3.72. The van der Waals surface area contributed by atoms with Crippen molar-refractivity contribution in [2.24, 2.45) is 0 Å². The van der Waals surface area contributed by atoms with Crippen molar-refractivity contribution in [1.29, 1.82) is 0 Å². The molecule has 1 fully saturated rings. The Labute approximate surface area is 150 Å². The zero-order chi connectivity index (χ0) is 17.3. The molecule has 0 radical (unpaired) electrons. The summed E-state index contributed by atoms with van der Waals surface area (Å²) in [5.41, 5.74) is 0.786. The van der Waals surface area contributed by atoms with E-state index in [1.165, 1.54) is 16.4 Å². The Morgan fingerprint density at radius 3 is 2.71 bits per heavy atom. The van der Waals surface area contributed by atoms with Crippen molar-refractivity contribution >= 4 is 33.2 Å².